The van der Waals surface area contributed by atoms with Gasteiger partial charge in [-0.3, -0.25) is 19.3 Å². The second-order valence-corrected chi connectivity index (χ2v) is 7.91. The van der Waals surface area contributed by atoms with Crippen molar-refractivity contribution >= 4 is 40.0 Å². The molecule has 0 bridgehead atoms. The lowest BCUT2D eigenvalue weighted by Crippen LogP contribution is -2.30. The molecule has 0 saturated carbocycles. The number of carbonyl (C=O) groups excluding carboxylic acids is 3. The molecule has 0 aliphatic carbocycles. The number of aliphatic hydroxyl groups is 1. The molecule has 0 saturated heterocycles. The van der Waals surface area contributed by atoms with Crippen LogP contribution in [0.5, 0.6) is 0 Å². The van der Waals surface area contributed by atoms with Crippen LogP contribution in [-0.2, 0) is 9.59 Å². The van der Waals surface area contributed by atoms with Crippen LogP contribution in [-0.4, -0.2) is 27.6 Å². The van der Waals surface area contributed by atoms with Gasteiger partial charge in [0.05, 0.1) is 28.4 Å². The van der Waals surface area contributed by atoms with Crippen molar-refractivity contribution in [3.8, 4) is 0 Å². The number of rotatable bonds is 6. The number of ketones is 2. The molecule has 2 aromatic heterocycles. The summed E-state index contributed by atoms with van der Waals surface area (Å²) < 4.78 is 5.20. The van der Waals surface area contributed by atoms with Crippen molar-refractivity contribution in [1.29, 1.82) is 0 Å². The first kappa shape index (κ1) is 20.5. The summed E-state index contributed by atoms with van der Waals surface area (Å²) in [4.78, 5) is 44.0. The standard InChI is InChI=1S/C23H18N2O5S/c1-13-21(14(2)26)31-23(24-13)25-19(15-7-4-3-5-8-15)18(20(28)22(25)29)17(27)11-10-16-9-6-12-30-16/h3-12,19,28H,1-2H3/b11-10+. The molecule has 1 aliphatic rings. The Kier molecular flexibility index (Phi) is 5.39. The van der Waals surface area contributed by atoms with Crippen LogP contribution in [0.3, 0.4) is 0 Å². The van der Waals surface area contributed by atoms with Crippen molar-refractivity contribution in [3.05, 3.63) is 88.0 Å². The molecule has 0 radical (unpaired) electrons. The summed E-state index contributed by atoms with van der Waals surface area (Å²) in [5.41, 5.74) is 1.06. The number of carbonyl (C=O) groups is 3. The SMILES string of the molecule is CC(=O)c1sc(N2C(=O)C(O)=C(C(=O)/C=C/c3ccco3)C2c2ccccc2)nc1C. The van der Waals surface area contributed by atoms with Crippen molar-refractivity contribution < 1.29 is 23.9 Å². The van der Waals surface area contributed by atoms with E-state index in [1.165, 1.54) is 30.2 Å². The van der Waals surface area contributed by atoms with Crippen LogP contribution in [0.4, 0.5) is 5.13 Å². The molecule has 1 atom stereocenters. The number of aliphatic hydroxyl groups excluding tert-OH is 1. The summed E-state index contributed by atoms with van der Waals surface area (Å²) in [5.74, 6) is -1.61. The molecular weight excluding hydrogens is 416 g/mol. The van der Waals surface area contributed by atoms with Gasteiger partial charge in [-0.25, -0.2) is 4.98 Å². The zero-order valence-corrected chi connectivity index (χ0v) is 17.6. The maximum atomic E-state index is 13.0. The van der Waals surface area contributed by atoms with Crippen LogP contribution >= 0.6 is 11.3 Å². The average Bonchev–Trinajstić information content (AvgIpc) is 3.46. The summed E-state index contributed by atoms with van der Waals surface area (Å²) in [6.45, 7) is 3.11. The second-order valence-electron chi connectivity index (χ2n) is 6.93. The molecule has 3 aromatic rings. The van der Waals surface area contributed by atoms with Gasteiger partial charge >= 0.3 is 0 Å². The topological polar surface area (TPSA) is 101 Å². The molecule has 4 rings (SSSR count). The first-order valence-corrected chi connectivity index (χ1v) is 10.3. The minimum Gasteiger partial charge on any atom is -0.503 e. The summed E-state index contributed by atoms with van der Waals surface area (Å²) in [5, 5.41) is 10.9. The van der Waals surface area contributed by atoms with E-state index in [-0.39, 0.29) is 16.5 Å². The van der Waals surface area contributed by atoms with E-state index in [0.717, 1.165) is 11.3 Å². The van der Waals surface area contributed by atoms with Crippen molar-refractivity contribution in [2.75, 3.05) is 4.90 Å². The molecule has 1 unspecified atom stereocenters. The third-order valence-electron chi connectivity index (χ3n) is 4.84. The van der Waals surface area contributed by atoms with Crippen molar-refractivity contribution in [3.63, 3.8) is 0 Å². The molecule has 156 valence electrons. The van der Waals surface area contributed by atoms with Gasteiger partial charge < -0.3 is 9.52 Å². The Bertz CT molecular complexity index is 1220. The summed E-state index contributed by atoms with van der Waals surface area (Å²) >= 11 is 1.06. The Labute approximate surface area is 182 Å². The molecule has 8 heteroatoms. The van der Waals surface area contributed by atoms with Gasteiger partial charge in [0.15, 0.2) is 22.5 Å². The second kappa shape index (κ2) is 8.16. The first-order valence-electron chi connectivity index (χ1n) is 9.44. The van der Waals surface area contributed by atoms with E-state index in [2.05, 4.69) is 4.98 Å². The zero-order valence-electron chi connectivity index (χ0n) is 16.7. The maximum Gasteiger partial charge on any atom is 0.296 e. The highest BCUT2D eigenvalue weighted by atomic mass is 32.1. The monoisotopic (exact) mass is 434 g/mol. The van der Waals surface area contributed by atoms with Crippen LogP contribution < -0.4 is 4.90 Å². The van der Waals surface area contributed by atoms with E-state index >= 15 is 0 Å². The molecule has 31 heavy (non-hydrogen) atoms. The van der Waals surface area contributed by atoms with Crippen LogP contribution in [0.25, 0.3) is 6.08 Å². The molecular formula is C23H18N2O5S. The predicted molar refractivity (Wildman–Crippen MR) is 116 cm³/mol. The Morgan fingerprint density at radius 2 is 1.94 bits per heavy atom. The number of hydrogen-bond acceptors (Lipinski definition) is 7. The van der Waals surface area contributed by atoms with Crippen LogP contribution in [0.2, 0.25) is 0 Å². The minimum absolute atomic E-state index is 0.0590. The molecule has 1 N–H and O–H groups in total. The largest absolute Gasteiger partial charge is 0.503 e. The number of amides is 1. The summed E-state index contributed by atoms with van der Waals surface area (Å²) in [6, 6.07) is 11.4. The van der Waals surface area contributed by atoms with Crippen LogP contribution in [0.15, 0.2) is 70.6 Å². The number of thiazole rings is 1. The first-order chi connectivity index (χ1) is 14.9. The fourth-order valence-corrected chi connectivity index (χ4v) is 4.44. The Balaban J connectivity index is 1.80. The third kappa shape index (κ3) is 3.73. The number of nitrogens with zero attached hydrogens (tertiary/aromatic N) is 2. The highest BCUT2D eigenvalue weighted by Gasteiger charge is 2.45. The van der Waals surface area contributed by atoms with Gasteiger partial charge in [0.1, 0.15) is 5.76 Å². The third-order valence-corrected chi connectivity index (χ3v) is 6.10. The average molecular weight is 434 g/mol. The number of benzene rings is 1. The number of allylic oxidation sites excluding steroid dienone is 1. The number of hydrogen-bond donors (Lipinski definition) is 1. The van der Waals surface area contributed by atoms with Crippen molar-refractivity contribution in [2.24, 2.45) is 0 Å². The lowest BCUT2D eigenvalue weighted by atomic mass is 9.96. The van der Waals surface area contributed by atoms with Gasteiger partial charge in [0, 0.05) is 6.92 Å². The molecule has 0 fully saturated rings. The van der Waals surface area contributed by atoms with E-state index in [0.29, 0.717) is 21.9 Å². The van der Waals surface area contributed by atoms with Crippen molar-refractivity contribution in [1.82, 2.24) is 4.98 Å². The van der Waals surface area contributed by atoms with Crippen LogP contribution in [0, 0.1) is 6.92 Å². The number of furan rings is 1. The highest BCUT2D eigenvalue weighted by molar-refractivity contribution is 7.17. The Hall–Kier alpha value is -3.78. The molecule has 7 nitrogen and oxygen atoms in total. The minimum atomic E-state index is -0.882. The molecule has 3 heterocycles. The van der Waals surface area contributed by atoms with Gasteiger partial charge in [0.25, 0.3) is 5.91 Å². The lowest BCUT2D eigenvalue weighted by Gasteiger charge is -2.24. The van der Waals surface area contributed by atoms with E-state index < -0.39 is 23.5 Å². The van der Waals surface area contributed by atoms with Gasteiger partial charge in [-0.1, -0.05) is 41.7 Å². The molecule has 1 aliphatic heterocycles. The molecule has 1 amide bonds. The summed E-state index contributed by atoms with van der Waals surface area (Å²) in [7, 11) is 0. The zero-order chi connectivity index (χ0) is 22.1. The smallest absolute Gasteiger partial charge is 0.296 e. The number of aryl methyl sites for hydroxylation is 1. The Morgan fingerprint density at radius 3 is 2.55 bits per heavy atom. The normalized spacial score (nSPS) is 16.5. The van der Waals surface area contributed by atoms with Crippen LogP contribution in [0.1, 0.15) is 39.7 Å². The van der Waals surface area contributed by atoms with Gasteiger partial charge in [-0.05, 0) is 36.8 Å². The van der Waals surface area contributed by atoms with E-state index in [4.69, 9.17) is 4.42 Å². The number of aromatic nitrogens is 1. The maximum absolute atomic E-state index is 13.0. The summed E-state index contributed by atoms with van der Waals surface area (Å²) in [6.07, 6.45) is 4.20. The van der Waals surface area contributed by atoms with Crippen molar-refractivity contribution in [2.45, 2.75) is 19.9 Å². The number of anilines is 1. The molecule has 1 aromatic carbocycles. The fraction of sp³-hybridized carbons (Fsp3) is 0.130. The highest BCUT2D eigenvalue weighted by Crippen LogP contribution is 2.43. The van der Waals surface area contributed by atoms with E-state index in [9.17, 15) is 19.5 Å². The fourth-order valence-electron chi connectivity index (χ4n) is 3.45. The quantitative estimate of drug-likeness (QED) is 0.455. The lowest BCUT2D eigenvalue weighted by molar-refractivity contribution is -0.117. The van der Waals surface area contributed by atoms with Gasteiger partial charge in [-0.15, -0.1) is 0 Å². The predicted octanol–water partition coefficient (Wildman–Crippen LogP) is 4.43. The van der Waals surface area contributed by atoms with E-state index in [1.807, 2.05) is 6.07 Å². The Morgan fingerprint density at radius 1 is 1.19 bits per heavy atom. The van der Waals surface area contributed by atoms with E-state index in [1.54, 1.807) is 43.3 Å². The number of Topliss-reactive ketones (excluding diaryl/α,β-unsaturated/α-hetero) is 1. The van der Waals surface area contributed by atoms with Gasteiger partial charge in [-0.2, -0.15) is 0 Å². The van der Waals surface area contributed by atoms with Gasteiger partial charge in [0.2, 0.25) is 0 Å². The molecule has 0 spiro atoms.